The Balaban J connectivity index is 2.52. The Morgan fingerprint density at radius 2 is 2.11 bits per heavy atom. The lowest BCUT2D eigenvalue weighted by molar-refractivity contribution is -0.146. The molecule has 2 N–H and O–H groups in total. The van der Waals surface area contributed by atoms with E-state index < -0.39 is 11.4 Å². The standard InChI is InChI=1S/C13H24N2O4/c1-12(2,10(16)17)8-14-11(18)15-7-5-6-13(3,9-15)19-4/h5-9H2,1-4H3,(H,14,18)(H,16,17). The van der Waals surface area contributed by atoms with Gasteiger partial charge in [-0.05, 0) is 33.6 Å². The van der Waals surface area contributed by atoms with Crippen LogP contribution < -0.4 is 5.32 Å². The Morgan fingerprint density at radius 1 is 1.47 bits per heavy atom. The zero-order valence-electron chi connectivity index (χ0n) is 12.2. The van der Waals surface area contributed by atoms with Crippen molar-refractivity contribution in [1.29, 1.82) is 0 Å². The number of rotatable bonds is 4. The number of methoxy groups -OCH3 is 1. The number of carboxylic acid groups (broad SMARTS) is 1. The van der Waals surface area contributed by atoms with Gasteiger partial charge in [0.25, 0.3) is 0 Å². The lowest BCUT2D eigenvalue weighted by Crippen LogP contribution is -2.54. The molecule has 2 amide bonds. The minimum absolute atomic E-state index is 0.112. The Labute approximate surface area is 114 Å². The predicted octanol–water partition coefficient (Wildman–Crippen LogP) is 1.31. The summed E-state index contributed by atoms with van der Waals surface area (Å²) in [4.78, 5) is 24.7. The highest BCUT2D eigenvalue weighted by molar-refractivity contribution is 5.77. The SMILES string of the molecule is COC1(C)CCCN(C(=O)NCC(C)(C)C(=O)O)C1. The van der Waals surface area contributed by atoms with Gasteiger partial charge in [-0.15, -0.1) is 0 Å². The molecule has 1 rings (SSSR count). The number of hydrogen-bond acceptors (Lipinski definition) is 3. The third-order valence-electron chi connectivity index (χ3n) is 3.70. The lowest BCUT2D eigenvalue weighted by Gasteiger charge is -2.39. The predicted molar refractivity (Wildman–Crippen MR) is 71.0 cm³/mol. The molecule has 0 aromatic carbocycles. The largest absolute Gasteiger partial charge is 0.481 e. The molecule has 0 radical (unpaired) electrons. The van der Waals surface area contributed by atoms with Crippen molar-refractivity contribution in [3.63, 3.8) is 0 Å². The number of likely N-dealkylation sites (tertiary alicyclic amines) is 1. The van der Waals surface area contributed by atoms with Crippen molar-refractivity contribution in [3.8, 4) is 0 Å². The second-order valence-corrected chi connectivity index (χ2v) is 6.03. The molecule has 0 spiro atoms. The van der Waals surface area contributed by atoms with E-state index in [1.807, 2.05) is 6.92 Å². The lowest BCUT2D eigenvalue weighted by atomic mass is 9.93. The molecule has 0 aromatic rings. The van der Waals surface area contributed by atoms with Crippen molar-refractivity contribution in [3.05, 3.63) is 0 Å². The first-order valence-electron chi connectivity index (χ1n) is 6.51. The fourth-order valence-corrected chi connectivity index (χ4v) is 2.03. The minimum Gasteiger partial charge on any atom is -0.481 e. The zero-order chi connectivity index (χ0) is 14.7. The Bertz CT molecular complexity index is 357. The van der Waals surface area contributed by atoms with Crippen LogP contribution in [0.25, 0.3) is 0 Å². The van der Waals surface area contributed by atoms with E-state index in [1.165, 1.54) is 0 Å². The van der Waals surface area contributed by atoms with E-state index in [0.717, 1.165) is 12.8 Å². The number of nitrogens with zero attached hydrogens (tertiary/aromatic N) is 1. The average Bonchev–Trinajstić information content (AvgIpc) is 2.36. The molecule has 19 heavy (non-hydrogen) atoms. The van der Waals surface area contributed by atoms with Crippen LogP contribution in [0.5, 0.6) is 0 Å². The van der Waals surface area contributed by atoms with Crippen LogP contribution in [0.1, 0.15) is 33.6 Å². The van der Waals surface area contributed by atoms with Crippen molar-refractivity contribution in [1.82, 2.24) is 10.2 Å². The fraction of sp³-hybridized carbons (Fsp3) is 0.846. The quantitative estimate of drug-likeness (QED) is 0.808. The number of carbonyl (C=O) groups excluding carboxylic acids is 1. The number of amides is 2. The van der Waals surface area contributed by atoms with E-state index in [4.69, 9.17) is 9.84 Å². The third-order valence-corrected chi connectivity index (χ3v) is 3.70. The van der Waals surface area contributed by atoms with Gasteiger partial charge in [0.1, 0.15) is 0 Å². The summed E-state index contributed by atoms with van der Waals surface area (Å²) in [5.41, 5.74) is -1.27. The van der Waals surface area contributed by atoms with Crippen molar-refractivity contribution in [2.45, 2.75) is 39.2 Å². The maximum Gasteiger partial charge on any atom is 0.317 e. The minimum atomic E-state index is -0.962. The Kier molecular flexibility index (Phi) is 4.79. The molecule has 0 bridgehead atoms. The highest BCUT2D eigenvalue weighted by Crippen LogP contribution is 2.24. The second-order valence-electron chi connectivity index (χ2n) is 6.03. The zero-order valence-corrected chi connectivity index (χ0v) is 12.2. The first-order chi connectivity index (χ1) is 8.70. The Hall–Kier alpha value is -1.30. The van der Waals surface area contributed by atoms with Gasteiger partial charge in [0.05, 0.1) is 17.6 Å². The first kappa shape index (κ1) is 15.8. The number of piperidine rings is 1. The number of carbonyl (C=O) groups is 2. The molecule has 0 aliphatic carbocycles. The highest BCUT2D eigenvalue weighted by atomic mass is 16.5. The van der Waals surface area contributed by atoms with Crippen molar-refractivity contribution >= 4 is 12.0 Å². The van der Waals surface area contributed by atoms with Gasteiger partial charge in [-0.3, -0.25) is 4.79 Å². The molecule has 1 unspecified atom stereocenters. The molecule has 1 aliphatic heterocycles. The fourth-order valence-electron chi connectivity index (χ4n) is 2.03. The van der Waals surface area contributed by atoms with Gasteiger partial charge < -0.3 is 20.1 Å². The van der Waals surface area contributed by atoms with Gasteiger partial charge in [0, 0.05) is 20.2 Å². The van der Waals surface area contributed by atoms with E-state index in [1.54, 1.807) is 25.9 Å². The first-order valence-corrected chi connectivity index (χ1v) is 6.51. The molecule has 1 saturated heterocycles. The molecule has 0 saturated carbocycles. The van der Waals surface area contributed by atoms with E-state index in [2.05, 4.69) is 5.32 Å². The molecular formula is C13H24N2O4. The van der Waals surface area contributed by atoms with Crippen LogP contribution in [0.3, 0.4) is 0 Å². The molecule has 0 aromatic heterocycles. The van der Waals surface area contributed by atoms with Gasteiger partial charge in [-0.2, -0.15) is 0 Å². The summed E-state index contributed by atoms with van der Waals surface area (Å²) in [6.45, 7) is 6.48. The maximum atomic E-state index is 12.0. The molecule has 6 nitrogen and oxygen atoms in total. The normalized spacial score (nSPS) is 24.1. The summed E-state index contributed by atoms with van der Waals surface area (Å²) in [7, 11) is 1.65. The smallest absolute Gasteiger partial charge is 0.317 e. The van der Waals surface area contributed by atoms with E-state index >= 15 is 0 Å². The van der Waals surface area contributed by atoms with Gasteiger partial charge in [-0.1, -0.05) is 0 Å². The van der Waals surface area contributed by atoms with Crippen molar-refractivity contribution < 1.29 is 19.4 Å². The van der Waals surface area contributed by atoms with E-state index in [9.17, 15) is 9.59 Å². The molecule has 1 heterocycles. The molecule has 1 atom stereocenters. The maximum absolute atomic E-state index is 12.0. The van der Waals surface area contributed by atoms with Crippen LogP contribution in [-0.4, -0.2) is 54.4 Å². The second kappa shape index (κ2) is 5.77. The summed E-state index contributed by atoms with van der Waals surface area (Å²) in [5, 5.41) is 11.7. The Morgan fingerprint density at radius 3 is 2.63 bits per heavy atom. The van der Waals surface area contributed by atoms with Crippen molar-refractivity contribution in [2.75, 3.05) is 26.7 Å². The van der Waals surface area contributed by atoms with Crippen LogP contribution >= 0.6 is 0 Å². The molecular weight excluding hydrogens is 248 g/mol. The van der Waals surface area contributed by atoms with E-state index in [0.29, 0.717) is 13.1 Å². The van der Waals surface area contributed by atoms with Crippen molar-refractivity contribution in [2.24, 2.45) is 5.41 Å². The van der Waals surface area contributed by atoms with E-state index in [-0.39, 0.29) is 18.2 Å². The number of nitrogens with one attached hydrogen (secondary N) is 1. The van der Waals surface area contributed by atoms with Crippen LogP contribution in [0.4, 0.5) is 4.79 Å². The summed E-state index contributed by atoms with van der Waals surface area (Å²) in [5.74, 6) is -0.923. The number of hydrogen-bond donors (Lipinski definition) is 2. The summed E-state index contributed by atoms with van der Waals surface area (Å²) < 4.78 is 5.43. The molecule has 6 heteroatoms. The number of urea groups is 1. The topological polar surface area (TPSA) is 78.9 Å². The molecule has 1 aliphatic rings. The summed E-state index contributed by atoms with van der Waals surface area (Å²) in [6.07, 6.45) is 1.81. The van der Waals surface area contributed by atoms with Gasteiger partial charge in [0.2, 0.25) is 0 Å². The number of ether oxygens (including phenoxy) is 1. The van der Waals surface area contributed by atoms with Crippen LogP contribution in [0, 0.1) is 5.41 Å². The number of aliphatic carboxylic acids is 1. The molecule has 110 valence electrons. The average molecular weight is 272 g/mol. The number of carboxylic acids is 1. The van der Waals surface area contributed by atoms with Crippen LogP contribution in [0.2, 0.25) is 0 Å². The van der Waals surface area contributed by atoms with Gasteiger partial charge in [0.15, 0.2) is 0 Å². The van der Waals surface area contributed by atoms with Crippen LogP contribution in [0.15, 0.2) is 0 Å². The van der Waals surface area contributed by atoms with Crippen LogP contribution in [-0.2, 0) is 9.53 Å². The third kappa shape index (κ3) is 4.09. The highest BCUT2D eigenvalue weighted by Gasteiger charge is 2.34. The van der Waals surface area contributed by atoms with Gasteiger partial charge >= 0.3 is 12.0 Å². The molecule has 1 fully saturated rings. The summed E-state index contributed by atoms with van der Waals surface area (Å²) >= 11 is 0. The summed E-state index contributed by atoms with van der Waals surface area (Å²) in [6, 6.07) is -0.225. The monoisotopic (exact) mass is 272 g/mol. The van der Waals surface area contributed by atoms with Gasteiger partial charge in [-0.25, -0.2) is 4.79 Å².